The van der Waals surface area contributed by atoms with E-state index in [0.29, 0.717) is 17.3 Å². The first-order valence-corrected chi connectivity index (χ1v) is 9.75. The molecule has 1 aromatic carbocycles. The van der Waals surface area contributed by atoms with Crippen molar-refractivity contribution < 1.29 is 13.2 Å². The van der Waals surface area contributed by atoms with Crippen LogP contribution in [0.15, 0.2) is 12.1 Å². The van der Waals surface area contributed by atoms with Gasteiger partial charge in [-0.1, -0.05) is 31.5 Å². The topological polar surface area (TPSA) is 66.5 Å². The minimum atomic E-state index is -3.32. The molecule has 0 aromatic heterocycles. The fraction of sp³-hybridized carbons (Fsp3) is 0.562. The van der Waals surface area contributed by atoms with Crippen LogP contribution in [0, 0.1) is 19.8 Å². The molecule has 0 heterocycles. The summed E-state index contributed by atoms with van der Waals surface area (Å²) in [5, 5.41) is 3.26. The summed E-state index contributed by atoms with van der Waals surface area (Å²) in [6.07, 6.45) is 1.25. The van der Waals surface area contributed by atoms with Crippen molar-refractivity contribution in [3.05, 3.63) is 28.3 Å². The molecule has 5 nitrogen and oxygen atoms in total. The smallest absolute Gasteiger partial charge is 0.225 e. The Hall–Kier alpha value is -1.11. The standard InChI is InChI=1S/C16H25ClN2O3S/c1-11(2)10-19(23(5,21)22)7-6-15(20)18-16-13(4)8-12(3)9-14(16)17/h8-9,11H,6-7,10H2,1-5H3,(H,18,20). The molecule has 1 amide bonds. The van der Waals surface area contributed by atoms with E-state index in [9.17, 15) is 13.2 Å². The molecule has 0 saturated heterocycles. The number of hydrogen-bond acceptors (Lipinski definition) is 3. The van der Waals surface area contributed by atoms with Crippen molar-refractivity contribution >= 4 is 33.2 Å². The maximum atomic E-state index is 12.1. The summed E-state index contributed by atoms with van der Waals surface area (Å²) in [7, 11) is -3.32. The summed E-state index contributed by atoms with van der Waals surface area (Å²) in [5.41, 5.74) is 2.48. The number of carbonyl (C=O) groups excluding carboxylic acids is 1. The lowest BCUT2D eigenvalue weighted by Crippen LogP contribution is -2.35. The Morgan fingerprint density at radius 3 is 2.39 bits per heavy atom. The van der Waals surface area contributed by atoms with Crippen molar-refractivity contribution in [2.75, 3.05) is 24.7 Å². The summed E-state index contributed by atoms with van der Waals surface area (Å²) >= 11 is 6.16. The lowest BCUT2D eigenvalue weighted by atomic mass is 10.1. The Labute approximate surface area is 144 Å². The first-order valence-electron chi connectivity index (χ1n) is 7.52. The fourth-order valence-corrected chi connectivity index (χ4v) is 3.66. The van der Waals surface area contributed by atoms with Gasteiger partial charge in [-0.25, -0.2) is 12.7 Å². The highest BCUT2D eigenvalue weighted by Crippen LogP contribution is 2.27. The molecule has 1 rings (SSSR count). The monoisotopic (exact) mass is 360 g/mol. The van der Waals surface area contributed by atoms with Crippen LogP contribution in [0.2, 0.25) is 5.02 Å². The number of rotatable bonds is 7. The number of halogens is 1. The maximum Gasteiger partial charge on any atom is 0.225 e. The molecule has 0 saturated carbocycles. The van der Waals surface area contributed by atoms with Crippen LogP contribution >= 0.6 is 11.6 Å². The van der Waals surface area contributed by atoms with Gasteiger partial charge in [0.25, 0.3) is 0 Å². The number of anilines is 1. The van der Waals surface area contributed by atoms with E-state index >= 15 is 0 Å². The molecule has 7 heteroatoms. The molecule has 0 aliphatic carbocycles. The molecule has 0 aliphatic heterocycles. The summed E-state index contributed by atoms with van der Waals surface area (Å²) in [5.74, 6) is -0.0576. The van der Waals surface area contributed by atoms with Crippen LogP contribution in [-0.2, 0) is 14.8 Å². The molecule has 0 spiro atoms. The second-order valence-electron chi connectivity index (χ2n) is 6.25. The van der Waals surface area contributed by atoms with Crippen molar-refractivity contribution in [3.8, 4) is 0 Å². The lowest BCUT2D eigenvalue weighted by Gasteiger charge is -2.21. The number of amides is 1. The zero-order chi connectivity index (χ0) is 17.8. The van der Waals surface area contributed by atoms with E-state index in [2.05, 4.69) is 5.32 Å². The largest absolute Gasteiger partial charge is 0.325 e. The molecule has 0 radical (unpaired) electrons. The van der Waals surface area contributed by atoms with Gasteiger partial charge in [-0.05, 0) is 37.0 Å². The Kier molecular flexibility index (Phi) is 7.04. The highest BCUT2D eigenvalue weighted by Gasteiger charge is 2.19. The number of sulfonamides is 1. The second-order valence-corrected chi connectivity index (χ2v) is 8.64. The molecule has 0 unspecified atom stereocenters. The summed E-state index contributed by atoms with van der Waals surface area (Å²) < 4.78 is 24.8. The van der Waals surface area contributed by atoms with Gasteiger partial charge >= 0.3 is 0 Å². The average Bonchev–Trinajstić information content (AvgIpc) is 2.37. The average molecular weight is 361 g/mol. The third-order valence-corrected chi connectivity index (χ3v) is 4.89. The Bertz CT molecular complexity index is 649. The van der Waals surface area contributed by atoms with E-state index < -0.39 is 10.0 Å². The van der Waals surface area contributed by atoms with Gasteiger partial charge in [0.05, 0.1) is 17.0 Å². The van der Waals surface area contributed by atoms with Gasteiger partial charge in [0.15, 0.2) is 0 Å². The van der Waals surface area contributed by atoms with Crippen LogP contribution < -0.4 is 5.32 Å². The van der Waals surface area contributed by atoms with E-state index in [1.807, 2.05) is 33.8 Å². The summed E-state index contributed by atoms with van der Waals surface area (Å²) in [6, 6.07) is 3.72. The molecule has 0 atom stereocenters. The third-order valence-electron chi connectivity index (χ3n) is 3.32. The van der Waals surface area contributed by atoms with Gasteiger partial charge in [-0.3, -0.25) is 4.79 Å². The van der Waals surface area contributed by atoms with Gasteiger partial charge in [0, 0.05) is 19.5 Å². The predicted octanol–water partition coefficient (Wildman–Crippen LogP) is 3.20. The van der Waals surface area contributed by atoms with Crippen molar-refractivity contribution in [1.82, 2.24) is 4.31 Å². The Balaban J connectivity index is 2.73. The van der Waals surface area contributed by atoms with Crippen LogP contribution in [0.25, 0.3) is 0 Å². The van der Waals surface area contributed by atoms with E-state index in [0.717, 1.165) is 17.4 Å². The molecule has 0 fully saturated rings. The first-order chi connectivity index (χ1) is 10.5. The van der Waals surface area contributed by atoms with Gasteiger partial charge in [-0.15, -0.1) is 0 Å². The number of nitrogens with zero attached hydrogens (tertiary/aromatic N) is 1. The lowest BCUT2D eigenvalue weighted by molar-refractivity contribution is -0.116. The second kappa shape index (κ2) is 8.13. The van der Waals surface area contributed by atoms with Crippen LogP contribution in [0.3, 0.4) is 0 Å². The molecule has 1 aromatic rings. The molecule has 130 valence electrons. The molecular weight excluding hydrogens is 336 g/mol. The van der Waals surface area contributed by atoms with Crippen LogP contribution in [0.5, 0.6) is 0 Å². The molecule has 0 bridgehead atoms. The fourth-order valence-electron chi connectivity index (χ4n) is 2.30. The zero-order valence-corrected chi connectivity index (χ0v) is 15.9. The summed E-state index contributed by atoms with van der Waals surface area (Å²) in [6.45, 7) is 8.24. The molecule has 0 aliphatic rings. The van der Waals surface area contributed by atoms with Crippen LogP contribution in [0.1, 0.15) is 31.4 Å². The SMILES string of the molecule is Cc1cc(C)c(NC(=O)CCN(CC(C)C)S(C)(=O)=O)c(Cl)c1. The maximum absolute atomic E-state index is 12.1. The van der Waals surface area contributed by atoms with Crippen molar-refractivity contribution in [2.45, 2.75) is 34.1 Å². The van der Waals surface area contributed by atoms with E-state index in [1.54, 1.807) is 6.07 Å². The highest BCUT2D eigenvalue weighted by atomic mass is 35.5. The Morgan fingerprint density at radius 2 is 1.91 bits per heavy atom. The number of carbonyl (C=O) groups is 1. The van der Waals surface area contributed by atoms with Crippen molar-refractivity contribution in [2.24, 2.45) is 5.92 Å². The highest BCUT2D eigenvalue weighted by molar-refractivity contribution is 7.88. The van der Waals surface area contributed by atoms with E-state index in [-0.39, 0.29) is 24.8 Å². The molecule has 23 heavy (non-hydrogen) atoms. The number of aryl methyl sites for hydroxylation is 2. The normalized spacial score (nSPS) is 12.0. The first kappa shape index (κ1) is 19.9. The minimum Gasteiger partial charge on any atom is -0.325 e. The minimum absolute atomic E-state index is 0.0867. The van der Waals surface area contributed by atoms with Gasteiger partial charge < -0.3 is 5.32 Å². The van der Waals surface area contributed by atoms with Crippen molar-refractivity contribution in [3.63, 3.8) is 0 Å². The van der Waals surface area contributed by atoms with E-state index in [1.165, 1.54) is 4.31 Å². The number of benzene rings is 1. The predicted molar refractivity (Wildman–Crippen MR) is 95.4 cm³/mol. The quantitative estimate of drug-likeness (QED) is 0.811. The van der Waals surface area contributed by atoms with Crippen LogP contribution in [-0.4, -0.2) is 38.0 Å². The molecule has 1 N–H and O–H groups in total. The van der Waals surface area contributed by atoms with Gasteiger partial charge in [0.2, 0.25) is 15.9 Å². The zero-order valence-electron chi connectivity index (χ0n) is 14.3. The van der Waals surface area contributed by atoms with E-state index in [4.69, 9.17) is 11.6 Å². The van der Waals surface area contributed by atoms with Gasteiger partial charge in [0.1, 0.15) is 0 Å². The van der Waals surface area contributed by atoms with Gasteiger partial charge in [-0.2, -0.15) is 0 Å². The number of hydrogen-bond donors (Lipinski definition) is 1. The Morgan fingerprint density at radius 1 is 1.30 bits per heavy atom. The molecular formula is C16H25ClN2O3S. The number of nitrogens with one attached hydrogen (secondary N) is 1. The third kappa shape index (κ3) is 6.49. The van der Waals surface area contributed by atoms with Crippen molar-refractivity contribution in [1.29, 1.82) is 0 Å². The summed E-state index contributed by atoms with van der Waals surface area (Å²) in [4.78, 5) is 12.1. The van der Waals surface area contributed by atoms with Crippen LogP contribution in [0.4, 0.5) is 5.69 Å².